The maximum atomic E-state index is 11.1. The molecule has 0 N–H and O–H groups in total. The van der Waals surface area contributed by atoms with E-state index >= 15 is 0 Å². The molecule has 0 bridgehead atoms. The smallest absolute Gasteiger partial charge is 0.305 e. The van der Waals surface area contributed by atoms with Crippen LogP contribution in [-0.4, -0.2) is 46.3 Å². The minimum atomic E-state index is -0.196. The first-order valence-corrected chi connectivity index (χ1v) is 6.07. The molecule has 0 saturated heterocycles. The number of aryl methyl sites for hydroxylation is 1. The van der Waals surface area contributed by atoms with Gasteiger partial charge in [0.05, 0.1) is 7.11 Å². The summed E-state index contributed by atoms with van der Waals surface area (Å²) in [5, 5.41) is 8.15. The van der Waals surface area contributed by atoms with Crippen LogP contribution in [0.4, 0.5) is 5.82 Å². The van der Waals surface area contributed by atoms with Crippen LogP contribution >= 0.6 is 0 Å². The number of methoxy groups -OCH3 is 1. The van der Waals surface area contributed by atoms with Gasteiger partial charge < -0.3 is 9.64 Å². The number of ether oxygens (including phenoxy) is 1. The van der Waals surface area contributed by atoms with Gasteiger partial charge in [-0.3, -0.25) is 9.20 Å². The molecule has 0 saturated carbocycles. The lowest BCUT2D eigenvalue weighted by atomic mass is 10.3. The number of esters is 1. The van der Waals surface area contributed by atoms with Crippen LogP contribution in [0.15, 0.2) is 12.4 Å². The Labute approximate surface area is 111 Å². The monoisotopic (exact) mass is 263 g/mol. The predicted octanol–water partition coefficient (Wildman–Crippen LogP) is 0.822. The largest absolute Gasteiger partial charge is 0.469 e. The van der Waals surface area contributed by atoms with Crippen molar-refractivity contribution < 1.29 is 9.53 Å². The Kier molecular flexibility index (Phi) is 3.94. The molecule has 0 aromatic carbocycles. The van der Waals surface area contributed by atoms with Crippen molar-refractivity contribution in [2.75, 3.05) is 25.6 Å². The summed E-state index contributed by atoms with van der Waals surface area (Å²) in [6.45, 7) is 2.59. The summed E-state index contributed by atoms with van der Waals surface area (Å²) in [6, 6.07) is 0. The Morgan fingerprint density at radius 3 is 3.00 bits per heavy atom. The molecule has 2 rings (SSSR count). The van der Waals surface area contributed by atoms with Crippen LogP contribution in [0.25, 0.3) is 5.65 Å². The van der Waals surface area contributed by atoms with E-state index in [2.05, 4.69) is 19.9 Å². The third kappa shape index (κ3) is 2.81. The minimum absolute atomic E-state index is 0.196. The fourth-order valence-corrected chi connectivity index (χ4v) is 1.87. The number of aromatic nitrogens is 4. The molecule has 0 unspecified atom stereocenters. The maximum Gasteiger partial charge on any atom is 0.305 e. The Morgan fingerprint density at radius 1 is 1.47 bits per heavy atom. The summed E-state index contributed by atoms with van der Waals surface area (Å²) in [5.74, 6) is 1.38. The van der Waals surface area contributed by atoms with Gasteiger partial charge in [-0.25, -0.2) is 4.98 Å². The highest BCUT2D eigenvalue weighted by atomic mass is 16.5. The van der Waals surface area contributed by atoms with Gasteiger partial charge in [-0.2, -0.15) is 0 Å². The van der Waals surface area contributed by atoms with Crippen molar-refractivity contribution in [3.63, 3.8) is 0 Å². The molecule has 102 valence electrons. The molecule has 0 fully saturated rings. The number of carbonyl (C=O) groups is 1. The molecule has 19 heavy (non-hydrogen) atoms. The fourth-order valence-electron chi connectivity index (χ4n) is 1.87. The molecule has 0 aliphatic carbocycles. The lowest BCUT2D eigenvalue weighted by Gasteiger charge is -2.17. The second kappa shape index (κ2) is 5.64. The van der Waals surface area contributed by atoms with Crippen molar-refractivity contribution in [1.82, 2.24) is 19.6 Å². The van der Waals surface area contributed by atoms with Gasteiger partial charge in [0.2, 0.25) is 5.65 Å². The number of rotatable bonds is 5. The van der Waals surface area contributed by atoms with Crippen molar-refractivity contribution in [2.45, 2.75) is 19.8 Å². The van der Waals surface area contributed by atoms with Crippen LogP contribution in [0.5, 0.6) is 0 Å². The van der Waals surface area contributed by atoms with E-state index in [4.69, 9.17) is 0 Å². The molecule has 0 amide bonds. The molecule has 7 nitrogen and oxygen atoms in total. The van der Waals surface area contributed by atoms with Gasteiger partial charge in [-0.05, 0) is 13.3 Å². The van der Waals surface area contributed by atoms with Gasteiger partial charge >= 0.3 is 5.97 Å². The highest BCUT2D eigenvalue weighted by Crippen LogP contribution is 2.16. The van der Waals surface area contributed by atoms with E-state index in [-0.39, 0.29) is 5.97 Å². The van der Waals surface area contributed by atoms with E-state index in [0.717, 1.165) is 17.3 Å². The molecule has 0 atom stereocenters. The molecule has 2 aromatic heterocycles. The summed E-state index contributed by atoms with van der Waals surface area (Å²) >= 11 is 0. The van der Waals surface area contributed by atoms with Crippen molar-refractivity contribution in [3.8, 4) is 0 Å². The first-order valence-electron chi connectivity index (χ1n) is 6.07. The molecule has 0 radical (unpaired) electrons. The summed E-state index contributed by atoms with van der Waals surface area (Å²) in [5.41, 5.74) is 0.723. The zero-order valence-corrected chi connectivity index (χ0v) is 11.3. The quantitative estimate of drug-likeness (QED) is 0.744. The number of nitrogens with zero attached hydrogens (tertiary/aromatic N) is 5. The molecular weight excluding hydrogens is 246 g/mol. The first-order chi connectivity index (χ1) is 9.13. The molecule has 2 heterocycles. The predicted molar refractivity (Wildman–Crippen MR) is 70.0 cm³/mol. The van der Waals surface area contributed by atoms with Crippen LogP contribution in [0.2, 0.25) is 0 Å². The number of hydrogen-bond donors (Lipinski definition) is 0. The average molecular weight is 263 g/mol. The second-order valence-corrected chi connectivity index (χ2v) is 4.29. The van der Waals surface area contributed by atoms with Gasteiger partial charge in [0.25, 0.3) is 0 Å². The van der Waals surface area contributed by atoms with Crippen LogP contribution < -0.4 is 4.90 Å². The normalized spacial score (nSPS) is 10.7. The van der Waals surface area contributed by atoms with Crippen LogP contribution in [0.1, 0.15) is 18.7 Å². The van der Waals surface area contributed by atoms with Gasteiger partial charge in [0.15, 0.2) is 5.82 Å². The Bertz CT molecular complexity index is 581. The maximum absolute atomic E-state index is 11.1. The van der Waals surface area contributed by atoms with Crippen LogP contribution in [0, 0.1) is 6.92 Å². The number of carbonyl (C=O) groups excluding carboxylic acids is 1. The lowest BCUT2D eigenvalue weighted by molar-refractivity contribution is -0.140. The number of fused-ring (bicyclic) bond motifs is 1. The third-order valence-corrected chi connectivity index (χ3v) is 2.94. The highest BCUT2D eigenvalue weighted by molar-refractivity contribution is 5.69. The van der Waals surface area contributed by atoms with Crippen molar-refractivity contribution >= 4 is 17.4 Å². The Hall–Kier alpha value is -2.18. The van der Waals surface area contributed by atoms with Crippen molar-refractivity contribution in [1.29, 1.82) is 0 Å². The van der Waals surface area contributed by atoms with E-state index in [1.807, 2.05) is 29.5 Å². The van der Waals surface area contributed by atoms with Gasteiger partial charge in [-0.15, -0.1) is 10.2 Å². The lowest BCUT2D eigenvalue weighted by Crippen LogP contribution is -2.21. The molecular formula is C12H17N5O2. The Balaban J connectivity index is 2.09. The van der Waals surface area contributed by atoms with Gasteiger partial charge in [0.1, 0.15) is 5.82 Å². The summed E-state index contributed by atoms with van der Waals surface area (Å²) in [7, 11) is 3.32. The van der Waals surface area contributed by atoms with E-state index in [0.29, 0.717) is 19.4 Å². The van der Waals surface area contributed by atoms with Gasteiger partial charge in [-0.1, -0.05) is 0 Å². The van der Waals surface area contributed by atoms with E-state index in [1.165, 1.54) is 7.11 Å². The zero-order valence-electron chi connectivity index (χ0n) is 11.3. The molecule has 0 spiro atoms. The molecule has 2 aromatic rings. The van der Waals surface area contributed by atoms with Crippen LogP contribution in [0.3, 0.4) is 0 Å². The van der Waals surface area contributed by atoms with Crippen molar-refractivity contribution in [3.05, 3.63) is 18.2 Å². The zero-order chi connectivity index (χ0) is 13.8. The third-order valence-electron chi connectivity index (χ3n) is 2.94. The SMILES string of the molecule is COC(=O)CCCN(C)c1nccn2c(C)nnc12. The minimum Gasteiger partial charge on any atom is -0.469 e. The van der Waals surface area contributed by atoms with E-state index in [1.54, 1.807) is 6.20 Å². The summed E-state index contributed by atoms with van der Waals surface area (Å²) < 4.78 is 6.50. The van der Waals surface area contributed by atoms with Gasteiger partial charge in [0, 0.05) is 32.4 Å². The Morgan fingerprint density at radius 2 is 2.26 bits per heavy atom. The topological polar surface area (TPSA) is 72.6 Å². The molecule has 7 heteroatoms. The first kappa shape index (κ1) is 13.3. The number of anilines is 1. The summed E-state index contributed by atoms with van der Waals surface area (Å²) in [6.07, 6.45) is 4.65. The highest BCUT2D eigenvalue weighted by Gasteiger charge is 2.12. The summed E-state index contributed by atoms with van der Waals surface area (Å²) in [4.78, 5) is 17.4. The average Bonchev–Trinajstić information content (AvgIpc) is 2.80. The van der Waals surface area contributed by atoms with E-state index in [9.17, 15) is 4.79 Å². The second-order valence-electron chi connectivity index (χ2n) is 4.29. The molecule has 0 aliphatic rings. The van der Waals surface area contributed by atoms with E-state index < -0.39 is 0 Å². The fraction of sp³-hybridized carbons (Fsp3) is 0.500. The van der Waals surface area contributed by atoms with Crippen molar-refractivity contribution in [2.24, 2.45) is 0 Å². The molecule has 0 aliphatic heterocycles. The standard InChI is InChI=1S/C12H17N5O2/c1-9-14-15-12-11(13-6-8-17(9)12)16(2)7-4-5-10(18)19-3/h6,8H,4-5,7H2,1-3H3. The van der Waals surface area contributed by atoms with Crippen LogP contribution in [-0.2, 0) is 9.53 Å². The number of hydrogen-bond acceptors (Lipinski definition) is 6.